The normalized spacial score (nSPS) is 10.6. The molecular formula is C25H20N2O2S2. The Morgan fingerprint density at radius 1 is 0.839 bits per heavy atom. The van der Waals surface area contributed by atoms with Gasteiger partial charge in [0.25, 0.3) is 0 Å². The molecule has 4 aromatic rings. The second-order valence-corrected chi connectivity index (χ2v) is 8.89. The molecular weight excluding hydrogens is 424 g/mol. The van der Waals surface area contributed by atoms with Crippen molar-refractivity contribution in [2.45, 2.75) is 11.3 Å². The van der Waals surface area contributed by atoms with E-state index in [-0.39, 0.29) is 11.7 Å². The summed E-state index contributed by atoms with van der Waals surface area (Å²) in [6.07, 6.45) is 0.363. The highest BCUT2D eigenvalue weighted by molar-refractivity contribution is 7.99. The fourth-order valence-corrected chi connectivity index (χ4v) is 4.84. The monoisotopic (exact) mass is 444 g/mol. The third kappa shape index (κ3) is 5.48. The number of amides is 1. The molecule has 4 nitrogen and oxygen atoms in total. The van der Waals surface area contributed by atoms with Crippen LogP contribution in [0.1, 0.15) is 21.7 Å². The first-order valence-corrected chi connectivity index (χ1v) is 11.6. The predicted octanol–water partition coefficient (Wildman–Crippen LogP) is 6.16. The van der Waals surface area contributed by atoms with Crippen LogP contribution in [0.4, 0.5) is 5.13 Å². The number of benzene rings is 3. The second kappa shape index (κ2) is 10.2. The van der Waals surface area contributed by atoms with Crippen molar-refractivity contribution in [2.24, 2.45) is 0 Å². The van der Waals surface area contributed by atoms with Gasteiger partial charge in [0.05, 0.1) is 5.69 Å². The Bertz CT molecular complexity index is 1160. The van der Waals surface area contributed by atoms with Crippen molar-refractivity contribution in [1.82, 2.24) is 4.98 Å². The molecule has 4 rings (SSSR count). The number of rotatable bonds is 8. The fourth-order valence-electron chi connectivity index (χ4n) is 3.00. The van der Waals surface area contributed by atoms with Crippen molar-refractivity contribution in [1.29, 1.82) is 0 Å². The zero-order valence-electron chi connectivity index (χ0n) is 16.7. The summed E-state index contributed by atoms with van der Waals surface area (Å²) < 4.78 is 0. The summed E-state index contributed by atoms with van der Waals surface area (Å²) in [6, 6.07) is 28.7. The number of aromatic nitrogens is 1. The molecule has 0 fully saturated rings. The highest BCUT2D eigenvalue weighted by Crippen LogP contribution is 2.33. The second-order valence-electron chi connectivity index (χ2n) is 6.72. The summed E-state index contributed by atoms with van der Waals surface area (Å²) >= 11 is 2.85. The smallest absolute Gasteiger partial charge is 0.226 e. The van der Waals surface area contributed by atoms with E-state index >= 15 is 0 Å². The molecule has 1 aromatic heterocycles. The topological polar surface area (TPSA) is 59.1 Å². The van der Waals surface area contributed by atoms with Gasteiger partial charge in [-0.1, -0.05) is 90.2 Å². The molecule has 3 aromatic carbocycles. The largest absolute Gasteiger partial charge is 0.302 e. The van der Waals surface area contributed by atoms with Crippen molar-refractivity contribution >= 4 is 39.9 Å². The first-order chi connectivity index (χ1) is 15.2. The minimum Gasteiger partial charge on any atom is -0.302 e. The number of hydrogen-bond acceptors (Lipinski definition) is 5. The zero-order valence-corrected chi connectivity index (χ0v) is 18.3. The number of nitrogens with one attached hydrogen (secondary N) is 1. The fraction of sp³-hybridized carbons (Fsp3) is 0.0800. The van der Waals surface area contributed by atoms with E-state index in [9.17, 15) is 9.59 Å². The van der Waals surface area contributed by atoms with Crippen LogP contribution in [0.5, 0.6) is 0 Å². The molecule has 1 heterocycles. The third-order valence-electron chi connectivity index (χ3n) is 4.50. The Hall–Kier alpha value is -3.22. The molecule has 1 N–H and O–H groups in total. The van der Waals surface area contributed by atoms with E-state index in [1.54, 1.807) is 23.9 Å². The van der Waals surface area contributed by atoms with Gasteiger partial charge in [-0.05, 0) is 12.1 Å². The summed E-state index contributed by atoms with van der Waals surface area (Å²) in [5.41, 5.74) is 2.03. The lowest BCUT2D eigenvalue weighted by atomic mass is 10.1. The van der Waals surface area contributed by atoms with Crippen molar-refractivity contribution < 1.29 is 9.59 Å². The minimum absolute atomic E-state index is 0.0999. The number of thioether (sulfide) groups is 1. The Morgan fingerprint density at radius 2 is 1.45 bits per heavy atom. The third-order valence-corrected chi connectivity index (χ3v) is 6.49. The molecule has 0 aliphatic carbocycles. The maximum atomic E-state index is 13.1. The van der Waals surface area contributed by atoms with Gasteiger partial charge in [0.1, 0.15) is 4.88 Å². The summed E-state index contributed by atoms with van der Waals surface area (Å²) in [5, 5.41) is 3.31. The molecule has 0 bridgehead atoms. The first-order valence-electron chi connectivity index (χ1n) is 9.84. The Balaban J connectivity index is 1.51. The Morgan fingerprint density at radius 3 is 2.13 bits per heavy atom. The van der Waals surface area contributed by atoms with Gasteiger partial charge in [-0.2, -0.15) is 0 Å². The van der Waals surface area contributed by atoms with Crippen LogP contribution in [0.3, 0.4) is 0 Å². The minimum atomic E-state index is -0.115. The molecule has 0 saturated heterocycles. The van der Waals surface area contributed by atoms with Gasteiger partial charge in [-0.15, -0.1) is 11.8 Å². The maximum Gasteiger partial charge on any atom is 0.226 e. The van der Waals surface area contributed by atoms with Crippen LogP contribution < -0.4 is 5.32 Å². The van der Waals surface area contributed by atoms with E-state index < -0.39 is 0 Å². The lowest BCUT2D eigenvalue weighted by Gasteiger charge is -2.02. The Labute approximate surface area is 189 Å². The average molecular weight is 445 g/mol. The van der Waals surface area contributed by atoms with Crippen molar-refractivity contribution in [3.63, 3.8) is 0 Å². The van der Waals surface area contributed by atoms with Crippen molar-refractivity contribution in [3.05, 3.63) is 101 Å². The SMILES string of the molecule is O=C(CCSc1ccccc1)Nc1nc(-c2ccccc2)c(C(=O)c2ccccc2)s1. The molecule has 154 valence electrons. The lowest BCUT2D eigenvalue weighted by Crippen LogP contribution is -2.11. The highest BCUT2D eigenvalue weighted by Gasteiger charge is 2.21. The number of hydrogen-bond donors (Lipinski definition) is 1. The van der Waals surface area contributed by atoms with E-state index in [4.69, 9.17) is 0 Å². The number of carbonyl (C=O) groups is 2. The van der Waals surface area contributed by atoms with E-state index in [0.29, 0.717) is 33.4 Å². The zero-order chi connectivity index (χ0) is 21.5. The van der Waals surface area contributed by atoms with Gasteiger partial charge in [0, 0.05) is 28.2 Å². The highest BCUT2D eigenvalue weighted by atomic mass is 32.2. The van der Waals surface area contributed by atoms with Gasteiger partial charge in [-0.25, -0.2) is 4.98 Å². The summed E-state index contributed by atoms with van der Waals surface area (Å²) in [7, 11) is 0. The van der Waals surface area contributed by atoms with Crippen LogP contribution in [0, 0.1) is 0 Å². The number of thiazole rings is 1. The number of nitrogens with zero attached hydrogens (tertiary/aromatic N) is 1. The standard InChI is InChI=1S/C25H20N2O2S2/c28-21(16-17-30-20-14-8-3-9-15-20)26-25-27-22(18-10-4-1-5-11-18)24(31-25)23(29)19-12-6-2-7-13-19/h1-15H,16-17H2,(H,26,27,28). The average Bonchev–Trinajstić information content (AvgIpc) is 3.24. The predicted molar refractivity (Wildman–Crippen MR) is 128 cm³/mol. The molecule has 6 heteroatoms. The van der Waals surface area contributed by atoms with Crippen molar-refractivity contribution in [3.8, 4) is 11.3 Å². The van der Waals surface area contributed by atoms with Gasteiger partial charge in [-0.3, -0.25) is 9.59 Å². The van der Waals surface area contributed by atoms with E-state index in [0.717, 1.165) is 10.5 Å². The van der Waals surface area contributed by atoms with Gasteiger partial charge >= 0.3 is 0 Å². The molecule has 31 heavy (non-hydrogen) atoms. The summed E-state index contributed by atoms with van der Waals surface area (Å²) in [5.74, 6) is 0.454. The van der Waals surface area contributed by atoms with E-state index in [1.807, 2.05) is 78.9 Å². The molecule has 0 atom stereocenters. The van der Waals surface area contributed by atoms with Gasteiger partial charge < -0.3 is 5.32 Å². The number of ketones is 1. The summed E-state index contributed by atoms with van der Waals surface area (Å²) in [6.45, 7) is 0. The first kappa shape index (κ1) is 21.0. The van der Waals surface area contributed by atoms with Crippen LogP contribution in [0.2, 0.25) is 0 Å². The maximum absolute atomic E-state index is 13.1. The van der Waals surface area contributed by atoms with Crippen LogP contribution in [-0.4, -0.2) is 22.4 Å². The van der Waals surface area contributed by atoms with Gasteiger partial charge in [0.15, 0.2) is 5.13 Å². The van der Waals surface area contributed by atoms with Gasteiger partial charge in [0.2, 0.25) is 11.7 Å². The molecule has 0 aliphatic heterocycles. The molecule has 0 saturated carbocycles. The number of carbonyl (C=O) groups excluding carboxylic acids is 2. The molecule has 1 amide bonds. The van der Waals surface area contributed by atoms with E-state index in [1.165, 1.54) is 11.3 Å². The van der Waals surface area contributed by atoms with Crippen LogP contribution in [0.15, 0.2) is 95.9 Å². The summed E-state index contributed by atoms with van der Waals surface area (Å²) in [4.78, 5) is 31.8. The van der Waals surface area contributed by atoms with Crippen molar-refractivity contribution in [2.75, 3.05) is 11.1 Å². The van der Waals surface area contributed by atoms with E-state index in [2.05, 4.69) is 10.3 Å². The molecule has 0 unspecified atom stereocenters. The van der Waals surface area contributed by atoms with Crippen LogP contribution in [-0.2, 0) is 4.79 Å². The van der Waals surface area contributed by atoms with Crippen LogP contribution >= 0.6 is 23.1 Å². The Kier molecular flexibility index (Phi) is 6.92. The molecule has 0 radical (unpaired) electrons. The molecule has 0 spiro atoms. The lowest BCUT2D eigenvalue weighted by molar-refractivity contribution is -0.115. The van der Waals surface area contributed by atoms with Crippen LogP contribution in [0.25, 0.3) is 11.3 Å². The molecule has 0 aliphatic rings. The quantitative estimate of drug-likeness (QED) is 0.261. The number of anilines is 1.